The van der Waals surface area contributed by atoms with Gasteiger partial charge in [-0.1, -0.05) is 6.07 Å². The highest BCUT2D eigenvalue weighted by atomic mass is 16.1. The van der Waals surface area contributed by atoms with Gasteiger partial charge < -0.3 is 5.73 Å². The van der Waals surface area contributed by atoms with Crippen molar-refractivity contribution in [3.63, 3.8) is 0 Å². The Balaban J connectivity index is 1.97. The Morgan fingerprint density at radius 3 is 2.48 bits per heavy atom. The predicted octanol–water partition coefficient (Wildman–Crippen LogP) is 2.71. The van der Waals surface area contributed by atoms with E-state index < -0.39 is 5.91 Å². The highest BCUT2D eigenvalue weighted by molar-refractivity contribution is 5.94. The number of hydrogen-bond donors (Lipinski definition) is 1. The fraction of sp³-hybridized carbons (Fsp3) is 0.0500. The Hall–Kier alpha value is -3.87. The predicted molar refractivity (Wildman–Crippen MR) is 101 cm³/mol. The molecule has 4 heterocycles. The van der Waals surface area contributed by atoms with Gasteiger partial charge in [0, 0.05) is 48.5 Å². The van der Waals surface area contributed by atoms with Crippen LogP contribution in [0.25, 0.3) is 33.8 Å². The zero-order valence-corrected chi connectivity index (χ0v) is 14.6. The average Bonchev–Trinajstić information content (AvgIpc) is 3.10. The molecule has 0 bridgehead atoms. The van der Waals surface area contributed by atoms with Crippen LogP contribution in [0.4, 0.5) is 0 Å². The third-order valence-corrected chi connectivity index (χ3v) is 4.13. The lowest BCUT2D eigenvalue weighted by atomic mass is 9.98. The van der Waals surface area contributed by atoms with Crippen molar-refractivity contribution in [3.8, 4) is 33.8 Å². The van der Waals surface area contributed by atoms with E-state index in [-0.39, 0.29) is 5.69 Å². The molecule has 0 unspecified atom stereocenters. The molecule has 27 heavy (non-hydrogen) atoms. The van der Waals surface area contributed by atoms with Gasteiger partial charge in [-0.25, -0.2) is 4.98 Å². The van der Waals surface area contributed by atoms with E-state index in [9.17, 15) is 4.79 Å². The number of aryl methyl sites for hydroxylation is 1. The van der Waals surface area contributed by atoms with Crippen molar-refractivity contribution in [3.05, 3.63) is 72.9 Å². The summed E-state index contributed by atoms with van der Waals surface area (Å²) in [5.41, 5.74) is 10.3. The topological polar surface area (TPSA) is 99.6 Å². The van der Waals surface area contributed by atoms with E-state index in [0.717, 1.165) is 28.1 Å². The SMILES string of the molecule is Cn1cc(-c2ccc(C(N)=O)nc2-c2ccncc2)c(-c2ccccn2)n1. The molecule has 4 rings (SSSR count). The van der Waals surface area contributed by atoms with Gasteiger partial charge in [0.05, 0.1) is 11.4 Å². The average molecular weight is 356 g/mol. The molecule has 7 heteroatoms. The highest BCUT2D eigenvalue weighted by Crippen LogP contribution is 2.35. The Labute approximate surface area is 155 Å². The van der Waals surface area contributed by atoms with Gasteiger partial charge in [-0.2, -0.15) is 5.10 Å². The molecule has 0 spiro atoms. The molecule has 0 atom stereocenters. The van der Waals surface area contributed by atoms with Crippen molar-refractivity contribution in [2.75, 3.05) is 0 Å². The Bertz CT molecular complexity index is 1110. The van der Waals surface area contributed by atoms with Gasteiger partial charge in [0.15, 0.2) is 0 Å². The normalized spacial score (nSPS) is 10.7. The zero-order chi connectivity index (χ0) is 18.8. The van der Waals surface area contributed by atoms with Crippen LogP contribution in [0.1, 0.15) is 10.5 Å². The molecule has 0 aliphatic carbocycles. The standard InChI is InChI=1S/C20H16N6O/c1-26-12-15(19(25-26)16-4-2-3-9-23-16)14-5-6-17(20(21)27)24-18(14)13-7-10-22-11-8-13/h2-12H,1H3,(H2,21,27). The number of aromatic nitrogens is 5. The monoisotopic (exact) mass is 356 g/mol. The van der Waals surface area contributed by atoms with Gasteiger partial charge in [0.25, 0.3) is 5.91 Å². The second-order valence-corrected chi connectivity index (χ2v) is 5.97. The molecule has 2 N–H and O–H groups in total. The van der Waals surface area contributed by atoms with Crippen LogP contribution in [0.5, 0.6) is 0 Å². The van der Waals surface area contributed by atoms with Crippen molar-refractivity contribution in [2.24, 2.45) is 12.8 Å². The van der Waals surface area contributed by atoms with Crippen molar-refractivity contribution < 1.29 is 4.79 Å². The van der Waals surface area contributed by atoms with E-state index in [2.05, 4.69) is 20.1 Å². The van der Waals surface area contributed by atoms with E-state index in [0.29, 0.717) is 5.69 Å². The van der Waals surface area contributed by atoms with Gasteiger partial charge in [-0.3, -0.25) is 19.4 Å². The summed E-state index contributed by atoms with van der Waals surface area (Å²) in [4.78, 5) is 24.6. The fourth-order valence-corrected chi connectivity index (χ4v) is 2.92. The molecule has 1 amide bonds. The van der Waals surface area contributed by atoms with Gasteiger partial charge >= 0.3 is 0 Å². The number of pyridine rings is 3. The summed E-state index contributed by atoms with van der Waals surface area (Å²) < 4.78 is 1.73. The molecule has 0 aliphatic heterocycles. The van der Waals surface area contributed by atoms with Crippen LogP contribution in [-0.4, -0.2) is 30.6 Å². The number of nitrogens with two attached hydrogens (primary N) is 1. The van der Waals surface area contributed by atoms with Gasteiger partial charge in [-0.15, -0.1) is 0 Å². The summed E-state index contributed by atoms with van der Waals surface area (Å²) in [6.45, 7) is 0. The minimum atomic E-state index is -0.576. The van der Waals surface area contributed by atoms with Crippen molar-refractivity contribution in [1.29, 1.82) is 0 Å². The Morgan fingerprint density at radius 2 is 1.78 bits per heavy atom. The molecule has 132 valence electrons. The smallest absolute Gasteiger partial charge is 0.267 e. The third-order valence-electron chi connectivity index (χ3n) is 4.13. The minimum absolute atomic E-state index is 0.203. The minimum Gasteiger partial charge on any atom is -0.364 e. The van der Waals surface area contributed by atoms with Crippen LogP contribution in [0.3, 0.4) is 0 Å². The molecule has 0 aliphatic rings. The fourth-order valence-electron chi connectivity index (χ4n) is 2.92. The number of hydrogen-bond acceptors (Lipinski definition) is 5. The van der Waals surface area contributed by atoms with Gasteiger partial charge in [-0.05, 0) is 36.4 Å². The van der Waals surface area contributed by atoms with Crippen LogP contribution >= 0.6 is 0 Å². The first-order chi connectivity index (χ1) is 13.1. The maximum Gasteiger partial charge on any atom is 0.267 e. The summed E-state index contributed by atoms with van der Waals surface area (Å²) in [6, 6.07) is 12.8. The van der Waals surface area contributed by atoms with E-state index >= 15 is 0 Å². The maximum atomic E-state index is 11.6. The number of amides is 1. The molecule has 0 fully saturated rings. The molecule has 0 saturated carbocycles. The van der Waals surface area contributed by atoms with Crippen LogP contribution in [0.15, 0.2) is 67.3 Å². The lowest BCUT2D eigenvalue weighted by Crippen LogP contribution is -2.13. The molecule has 0 radical (unpaired) electrons. The van der Waals surface area contributed by atoms with E-state index in [1.165, 1.54) is 0 Å². The van der Waals surface area contributed by atoms with Crippen molar-refractivity contribution in [2.45, 2.75) is 0 Å². The number of carbonyl (C=O) groups is 1. The van der Waals surface area contributed by atoms with Gasteiger partial charge in [0.2, 0.25) is 0 Å². The number of rotatable bonds is 4. The Kier molecular flexibility index (Phi) is 4.18. The van der Waals surface area contributed by atoms with Crippen molar-refractivity contribution >= 4 is 5.91 Å². The second-order valence-electron chi connectivity index (χ2n) is 5.97. The summed E-state index contributed by atoms with van der Waals surface area (Å²) >= 11 is 0. The summed E-state index contributed by atoms with van der Waals surface area (Å²) in [6.07, 6.45) is 7.00. The lowest BCUT2D eigenvalue weighted by Gasteiger charge is -2.10. The number of nitrogens with zero attached hydrogens (tertiary/aromatic N) is 5. The molecule has 0 aromatic carbocycles. The first-order valence-corrected chi connectivity index (χ1v) is 8.30. The first-order valence-electron chi connectivity index (χ1n) is 8.30. The van der Waals surface area contributed by atoms with Gasteiger partial charge in [0.1, 0.15) is 11.4 Å². The first kappa shape index (κ1) is 16.6. The van der Waals surface area contributed by atoms with Crippen molar-refractivity contribution in [1.82, 2.24) is 24.7 Å². The van der Waals surface area contributed by atoms with Crippen LogP contribution in [0.2, 0.25) is 0 Å². The molecular weight excluding hydrogens is 340 g/mol. The zero-order valence-electron chi connectivity index (χ0n) is 14.6. The molecule has 7 nitrogen and oxygen atoms in total. The number of carbonyl (C=O) groups excluding carboxylic acids is 1. The largest absolute Gasteiger partial charge is 0.364 e. The van der Waals surface area contributed by atoms with Crippen LogP contribution in [-0.2, 0) is 7.05 Å². The summed E-state index contributed by atoms with van der Waals surface area (Å²) in [5.74, 6) is -0.576. The lowest BCUT2D eigenvalue weighted by molar-refractivity contribution is 0.0995. The van der Waals surface area contributed by atoms with E-state index in [1.54, 1.807) is 29.3 Å². The summed E-state index contributed by atoms with van der Waals surface area (Å²) in [7, 11) is 1.85. The van der Waals surface area contributed by atoms with Crippen LogP contribution < -0.4 is 5.73 Å². The highest BCUT2D eigenvalue weighted by Gasteiger charge is 2.19. The molecule has 0 saturated heterocycles. The van der Waals surface area contributed by atoms with Crippen LogP contribution in [0, 0.1) is 0 Å². The molecule has 4 aromatic heterocycles. The molecule has 4 aromatic rings. The Morgan fingerprint density at radius 1 is 0.963 bits per heavy atom. The summed E-state index contributed by atoms with van der Waals surface area (Å²) in [5, 5.41) is 4.57. The van der Waals surface area contributed by atoms with E-state index in [1.807, 2.05) is 49.6 Å². The second kappa shape index (κ2) is 6.80. The number of primary amides is 1. The third kappa shape index (κ3) is 3.18. The van der Waals surface area contributed by atoms with E-state index in [4.69, 9.17) is 5.73 Å². The molecular formula is C20H16N6O. The maximum absolute atomic E-state index is 11.6. The quantitative estimate of drug-likeness (QED) is 0.606.